The molecule has 5 heteroatoms. The molecule has 0 heterocycles. The van der Waals surface area contributed by atoms with Crippen molar-refractivity contribution in [2.24, 2.45) is 5.92 Å². The minimum Gasteiger partial charge on any atom is -0.463 e. The fraction of sp³-hybridized carbons (Fsp3) is 0.943. The van der Waals surface area contributed by atoms with Crippen molar-refractivity contribution in [1.29, 1.82) is 0 Å². The fourth-order valence-electron chi connectivity index (χ4n) is 5.09. The van der Waals surface area contributed by atoms with Gasteiger partial charge in [-0.1, -0.05) is 162 Å². The van der Waals surface area contributed by atoms with E-state index in [4.69, 9.17) is 9.47 Å². The summed E-state index contributed by atoms with van der Waals surface area (Å²) in [6.07, 6.45) is 30.1. The maximum absolute atomic E-state index is 11.9. The zero-order valence-corrected chi connectivity index (χ0v) is 27.0. The van der Waals surface area contributed by atoms with Crippen LogP contribution in [0.5, 0.6) is 0 Å². The Morgan fingerprint density at radius 2 is 0.800 bits per heavy atom. The number of esters is 2. The van der Waals surface area contributed by atoms with Crippen LogP contribution in [0.25, 0.3) is 0 Å². The van der Waals surface area contributed by atoms with Crippen LogP contribution in [0.3, 0.4) is 0 Å². The lowest BCUT2D eigenvalue weighted by molar-refractivity contribution is -0.152. The molecule has 0 aliphatic carbocycles. The first-order valence-electron chi connectivity index (χ1n) is 17.4. The van der Waals surface area contributed by atoms with E-state index in [2.05, 4.69) is 20.8 Å². The van der Waals surface area contributed by atoms with Gasteiger partial charge in [-0.05, 0) is 18.8 Å². The van der Waals surface area contributed by atoms with Crippen molar-refractivity contribution in [3.63, 3.8) is 0 Å². The first kappa shape index (κ1) is 38.9. The van der Waals surface area contributed by atoms with Crippen molar-refractivity contribution in [3.8, 4) is 0 Å². The van der Waals surface area contributed by atoms with Gasteiger partial charge in [0.2, 0.25) is 0 Å². The summed E-state index contributed by atoms with van der Waals surface area (Å²) in [5.74, 6) is 0.251. The van der Waals surface area contributed by atoms with Gasteiger partial charge < -0.3 is 14.6 Å². The van der Waals surface area contributed by atoms with E-state index in [1.54, 1.807) is 0 Å². The van der Waals surface area contributed by atoms with Gasteiger partial charge >= 0.3 is 11.9 Å². The molecule has 0 aromatic carbocycles. The van der Waals surface area contributed by atoms with Gasteiger partial charge in [0, 0.05) is 12.8 Å². The molecule has 1 N–H and O–H groups in total. The maximum atomic E-state index is 11.9. The predicted octanol–water partition coefficient (Wildman–Crippen LogP) is 10.3. The van der Waals surface area contributed by atoms with Crippen LogP contribution in [0, 0.1) is 5.92 Å². The third-order valence-corrected chi connectivity index (χ3v) is 7.77. The Morgan fingerprint density at radius 3 is 1.12 bits per heavy atom. The largest absolute Gasteiger partial charge is 0.463 e. The number of ether oxygens (including phenoxy) is 2. The van der Waals surface area contributed by atoms with Crippen LogP contribution in [0.1, 0.15) is 188 Å². The second-order valence-corrected chi connectivity index (χ2v) is 12.5. The van der Waals surface area contributed by atoms with E-state index >= 15 is 0 Å². The van der Waals surface area contributed by atoms with Gasteiger partial charge in [0.05, 0.1) is 0 Å². The van der Waals surface area contributed by atoms with E-state index in [-0.39, 0.29) is 25.2 Å². The molecule has 0 aromatic heterocycles. The lowest BCUT2D eigenvalue weighted by Gasteiger charge is -2.12. The number of hydrogen-bond acceptors (Lipinski definition) is 5. The standard InChI is InChI=1S/C35H68O5/c1-4-5-6-7-8-9-10-11-12-13-14-15-19-22-25-28-34(37)39-30-33(36)31-40-35(38)29-26-23-20-17-16-18-21-24-27-32(2)3/h32-33,36H,4-31H2,1-3H3/t33-/m0/s1. The van der Waals surface area contributed by atoms with Crippen LogP contribution < -0.4 is 0 Å². The summed E-state index contributed by atoms with van der Waals surface area (Å²) in [4.78, 5) is 23.8. The quantitative estimate of drug-likeness (QED) is 0.0665. The summed E-state index contributed by atoms with van der Waals surface area (Å²) in [7, 11) is 0. The molecule has 0 aromatic rings. The zero-order valence-electron chi connectivity index (χ0n) is 27.0. The summed E-state index contributed by atoms with van der Waals surface area (Å²) in [6.45, 7) is 6.61. The number of unbranched alkanes of at least 4 members (excludes halogenated alkanes) is 21. The third-order valence-electron chi connectivity index (χ3n) is 7.77. The Kier molecular flexibility index (Phi) is 30.0. The Morgan fingerprint density at radius 1 is 0.500 bits per heavy atom. The van der Waals surface area contributed by atoms with Crippen molar-refractivity contribution in [1.82, 2.24) is 0 Å². The number of aliphatic hydroxyl groups is 1. The van der Waals surface area contributed by atoms with Crippen molar-refractivity contribution in [3.05, 3.63) is 0 Å². The molecule has 238 valence electrons. The number of aliphatic hydroxyl groups excluding tert-OH is 1. The minimum atomic E-state index is -0.954. The molecular weight excluding hydrogens is 500 g/mol. The maximum Gasteiger partial charge on any atom is 0.305 e. The zero-order chi connectivity index (χ0) is 29.5. The van der Waals surface area contributed by atoms with Gasteiger partial charge in [0.1, 0.15) is 19.3 Å². The summed E-state index contributed by atoms with van der Waals surface area (Å²) >= 11 is 0. The molecule has 0 aliphatic rings. The van der Waals surface area contributed by atoms with Crippen LogP contribution in [0.4, 0.5) is 0 Å². The van der Waals surface area contributed by atoms with Crippen LogP contribution in [0.15, 0.2) is 0 Å². The van der Waals surface area contributed by atoms with Crippen molar-refractivity contribution < 1.29 is 24.2 Å². The Labute approximate surface area is 248 Å². The minimum absolute atomic E-state index is 0.109. The molecule has 0 bridgehead atoms. The lowest BCUT2D eigenvalue weighted by atomic mass is 10.0. The summed E-state index contributed by atoms with van der Waals surface area (Å²) in [6, 6.07) is 0. The number of rotatable bonds is 31. The normalized spacial score (nSPS) is 12.1. The Balaban J connectivity index is 3.40. The number of carbonyl (C=O) groups excluding carboxylic acids is 2. The number of hydrogen-bond donors (Lipinski definition) is 1. The van der Waals surface area contributed by atoms with E-state index in [0.717, 1.165) is 38.0 Å². The topological polar surface area (TPSA) is 72.8 Å². The smallest absolute Gasteiger partial charge is 0.305 e. The van der Waals surface area contributed by atoms with Gasteiger partial charge in [-0.3, -0.25) is 9.59 Å². The predicted molar refractivity (Wildman–Crippen MR) is 168 cm³/mol. The molecule has 5 nitrogen and oxygen atoms in total. The average Bonchev–Trinajstić information content (AvgIpc) is 2.93. The van der Waals surface area contributed by atoms with E-state index in [1.807, 2.05) is 0 Å². The molecule has 0 amide bonds. The molecule has 0 radical (unpaired) electrons. The first-order valence-corrected chi connectivity index (χ1v) is 17.4. The molecule has 0 fully saturated rings. The van der Waals surface area contributed by atoms with Gasteiger partial charge in [0.15, 0.2) is 0 Å². The van der Waals surface area contributed by atoms with Crippen LogP contribution in [0.2, 0.25) is 0 Å². The SMILES string of the molecule is CCCCCCCCCCCCCCCCCC(=O)OC[C@H](O)COC(=O)CCCCCCCCCCC(C)C. The van der Waals surface area contributed by atoms with E-state index in [9.17, 15) is 14.7 Å². The molecule has 1 atom stereocenters. The average molecular weight is 569 g/mol. The summed E-state index contributed by atoms with van der Waals surface area (Å²) < 4.78 is 10.3. The molecule has 0 aliphatic heterocycles. The lowest BCUT2D eigenvalue weighted by Crippen LogP contribution is -2.25. The van der Waals surface area contributed by atoms with Gasteiger partial charge in [0.25, 0.3) is 0 Å². The highest BCUT2D eigenvalue weighted by molar-refractivity contribution is 5.69. The van der Waals surface area contributed by atoms with Crippen LogP contribution >= 0.6 is 0 Å². The van der Waals surface area contributed by atoms with E-state index in [0.29, 0.717) is 12.8 Å². The van der Waals surface area contributed by atoms with Crippen molar-refractivity contribution in [2.45, 2.75) is 194 Å². The summed E-state index contributed by atoms with van der Waals surface area (Å²) in [5.41, 5.74) is 0. The molecule has 0 rings (SSSR count). The monoisotopic (exact) mass is 569 g/mol. The van der Waals surface area contributed by atoms with E-state index < -0.39 is 6.10 Å². The van der Waals surface area contributed by atoms with Gasteiger partial charge in [-0.2, -0.15) is 0 Å². The highest BCUT2D eigenvalue weighted by atomic mass is 16.6. The third kappa shape index (κ3) is 31.4. The first-order chi connectivity index (χ1) is 19.5. The van der Waals surface area contributed by atoms with Crippen molar-refractivity contribution >= 4 is 11.9 Å². The molecular formula is C35H68O5. The molecule has 0 spiro atoms. The second kappa shape index (κ2) is 30.8. The highest BCUT2D eigenvalue weighted by Crippen LogP contribution is 2.15. The highest BCUT2D eigenvalue weighted by Gasteiger charge is 2.12. The molecule has 0 saturated carbocycles. The summed E-state index contributed by atoms with van der Waals surface area (Å²) in [5, 5.41) is 9.96. The molecule has 0 unspecified atom stereocenters. The number of carbonyl (C=O) groups is 2. The van der Waals surface area contributed by atoms with E-state index in [1.165, 1.54) is 122 Å². The fourth-order valence-corrected chi connectivity index (χ4v) is 5.09. The van der Waals surface area contributed by atoms with Crippen LogP contribution in [-0.4, -0.2) is 36.4 Å². The molecule has 40 heavy (non-hydrogen) atoms. The van der Waals surface area contributed by atoms with Gasteiger partial charge in [-0.25, -0.2) is 0 Å². The molecule has 0 saturated heterocycles. The Hall–Kier alpha value is -1.10. The second-order valence-electron chi connectivity index (χ2n) is 12.5. The van der Waals surface area contributed by atoms with Crippen LogP contribution in [-0.2, 0) is 19.1 Å². The Bertz CT molecular complexity index is 548. The van der Waals surface area contributed by atoms with Gasteiger partial charge in [-0.15, -0.1) is 0 Å². The van der Waals surface area contributed by atoms with Crippen molar-refractivity contribution in [2.75, 3.05) is 13.2 Å².